The van der Waals surface area contributed by atoms with Crippen LogP contribution in [0.4, 0.5) is 5.95 Å². The molecule has 7 heteroatoms. The Balaban J connectivity index is 2.00. The number of halogens is 1. The number of esters is 1. The fourth-order valence-electron chi connectivity index (χ4n) is 2.70. The number of nitrogens with zero attached hydrogens (tertiary/aromatic N) is 3. The summed E-state index contributed by atoms with van der Waals surface area (Å²) in [5.41, 5.74) is 2.25. The molecule has 24 heavy (non-hydrogen) atoms. The van der Waals surface area contributed by atoms with E-state index in [0.29, 0.717) is 18.1 Å². The molecule has 0 amide bonds. The molecule has 1 unspecified atom stereocenters. The minimum atomic E-state index is -0.356. The van der Waals surface area contributed by atoms with Gasteiger partial charge in [-0.2, -0.15) is 10.1 Å². The van der Waals surface area contributed by atoms with E-state index in [-0.39, 0.29) is 12.0 Å². The highest BCUT2D eigenvalue weighted by atomic mass is 79.9. The normalized spacial score (nSPS) is 16.5. The van der Waals surface area contributed by atoms with Crippen molar-refractivity contribution in [2.24, 2.45) is 0 Å². The summed E-state index contributed by atoms with van der Waals surface area (Å²) in [6.45, 7) is 4.34. The van der Waals surface area contributed by atoms with Crippen molar-refractivity contribution in [1.82, 2.24) is 14.8 Å². The average Bonchev–Trinajstić information content (AvgIpc) is 3.02. The summed E-state index contributed by atoms with van der Waals surface area (Å²) in [5, 5.41) is 7.42. The van der Waals surface area contributed by atoms with Crippen molar-refractivity contribution >= 4 is 27.8 Å². The first-order valence-corrected chi connectivity index (χ1v) is 8.71. The molecule has 0 radical (unpaired) electrons. The molecule has 126 valence electrons. The minimum Gasteiger partial charge on any atom is -0.462 e. The van der Waals surface area contributed by atoms with E-state index in [2.05, 4.69) is 38.3 Å². The standard InChI is InChI=1S/C17H19BrN4O2/c1-3-4-9-24-16(23)14-11(2)21-17-19-10-20-22(17)15(14)12-5-7-13(18)8-6-12/h5-8,10,15H,3-4,9H2,1-2H3,(H,19,20,21). The summed E-state index contributed by atoms with van der Waals surface area (Å²) < 4.78 is 8.15. The fourth-order valence-corrected chi connectivity index (χ4v) is 2.96. The summed E-state index contributed by atoms with van der Waals surface area (Å²) in [5.74, 6) is 0.299. The number of ether oxygens (including phenoxy) is 1. The molecule has 2 aromatic rings. The first kappa shape index (κ1) is 16.7. The van der Waals surface area contributed by atoms with E-state index in [1.165, 1.54) is 6.33 Å². The van der Waals surface area contributed by atoms with Crippen molar-refractivity contribution in [2.75, 3.05) is 11.9 Å². The molecular weight excluding hydrogens is 372 g/mol. The highest BCUT2D eigenvalue weighted by Gasteiger charge is 2.34. The van der Waals surface area contributed by atoms with Gasteiger partial charge in [0.1, 0.15) is 12.4 Å². The highest BCUT2D eigenvalue weighted by Crippen LogP contribution is 2.35. The van der Waals surface area contributed by atoms with Crippen LogP contribution in [0.5, 0.6) is 0 Å². The Morgan fingerprint density at radius 1 is 1.38 bits per heavy atom. The van der Waals surface area contributed by atoms with Crippen molar-refractivity contribution in [3.63, 3.8) is 0 Å². The molecule has 0 bridgehead atoms. The molecule has 0 fully saturated rings. The van der Waals surface area contributed by atoms with Gasteiger partial charge in [0, 0.05) is 10.2 Å². The topological polar surface area (TPSA) is 69.0 Å². The Hall–Kier alpha value is -2.15. The molecule has 1 atom stereocenters. The number of aromatic nitrogens is 3. The fraction of sp³-hybridized carbons (Fsp3) is 0.353. The SMILES string of the molecule is CCCCOC(=O)C1=C(C)Nc2ncnn2C1c1ccc(Br)cc1. The molecule has 1 aromatic heterocycles. The van der Waals surface area contributed by atoms with Gasteiger partial charge in [0.2, 0.25) is 5.95 Å². The molecule has 1 aromatic carbocycles. The highest BCUT2D eigenvalue weighted by molar-refractivity contribution is 9.10. The molecule has 1 aliphatic heterocycles. The first-order valence-electron chi connectivity index (χ1n) is 7.91. The largest absolute Gasteiger partial charge is 0.462 e. The van der Waals surface area contributed by atoms with E-state index in [1.54, 1.807) is 4.68 Å². The van der Waals surface area contributed by atoms with Gasteiger partial charge in [-0.15, -0.1) is 0 Å². The molecule has 1 N–H and O–H groups in total. The molecule has 0 spiro atoms. The summed E-state index contributed by atoms with van der Waals surface area (Å²) in [7, 11) is 0. The van der Waals surface area contributed by atoms with Crippen LogP contribution >= 0.6 is 15.9 Å². The quantitative estimate of drug-likeness (QED) is 0.622. The predicted molar refractivity (Wildman–Crippen MR) is 94.5 cm³/mol. The molecule has 0 saturated heterocycles. The van der Waals surface area contributed by atoms with Gasteiger partial charge in [-0.3, -0.25) is 0 Å². The number of allylic oxidation sites excluding steroid dienone is 1. The summed E-state index contributed by atoms with van der Waals surface area (Å²) >= 11 is 3.44. The van der Waals surface area contributed by atoms with Gasteiger partial charge in [0.15, 0.2) is 0 Å². The van der Waals surface area contributed by atoms with Crippen molar-refractivity contribution in [1.29, 1.82) is 0 Å². The summed E-state index contributed by atoms with van der Waals surface area (Å²) in [6.07, 6.45) is 3.31. The number of carbonyl (C=O) groups is 1. The van der Waals surface area contributed by atoms with E-state index in [0.717, 1.165) is 28.6 Å². The first-order chi connectivity index (χ1) is 11.6. The van der Waals surface area contributed by atoms with Crippen LogP contribution in [0.15, 0.2) is 46.3 Å². The van der Waals surface area contributed by atoms with Crippen LogP contribution in [0, 0.1) is 0 Å². The third kappa shape index (κ3) is 3.21. The molecule has 2 heterocycles. The molecule has 6 nitrogen and oxygen atoms in total. The van der Waals surface area contributed by atoms with E-state index in [9.17, 15) is 4.79 Å². The monoisotopic (exact) mass is 390 g/mol. The molecular formula is C17H19BrN4O2. The zero-order valence-corrected chi connectivity index (χ0v) is 15.2. The van der Waals surface area contributed by atoms with Crippen LogP contribution in [-0.2, 0) is 9.53 Å². The second-order valence-corrected chi connectivity index (χ2v) is 6.55. The lowest BCUT2D eigenvalue weighted by Gasteiger charge is -2.28. The molecule has 1 aliphatic rings. The number of hydrogen-bond acceptors (Lipinski definition) is 5. The average molecular weight is 391 g/mol. The van der Waals surface area contributed by atoms with Crippen LogP contribution < -0.4 is 5.32 Å². The number of fused-ring (bicyclic) bond motifs is 1. The molecule has 0 aliphatic carbocycles. The minimum absolute atomic E-state index is 0.317. The lowest BCUT2D eigenvalue weighted by atomic mass is 9.96. The lowest BCUT2D eigenvalue weighted by molar-refractivity contribution is -0.139. The smallest absolute Gasteiger partial charge is 0.338 e. The second kappa shape index (κ2) is 7.17. The van der Waals surface area contributed by atoms with E-state index < -0.39 is 0 Å². The predicted octanol–water partition coefficient (Wildman–Crippen LogP) is 3.67. The maximum atomic E-state index is 12.7. The van der Waals surface area contributed by atoms with Gasteiger partial charge in [-0.1, -0.05) is 41.4 Å². The van der Waals surface area contributed by atoms with Crippen LogP contribution in [-0.4, -0.2) is 27.3 Å². The lowest BCUT2D eigenvalue weighted by Crippen LogP contribution is -2.29. The Kier molecular flexibility index (Phi) is 4.99. The van der Waals surface area contributed by atoms with Crippen molar-refractivity contribution in [3.8, 4) is 0 Å². The Morgan fingerprint density at radius 3 is 2.83 bits per heavy atom. The Morgan fingerprint density at radius 2 is 2.12 bits per heavy atom. The maximum Gasteiger partial charge on any atom is 0.338 e. The van der Waals surface area contributed by atoms with Crippen LogP contribution in [0.25, 0.3) is 0 Å². The van der Waals surface area contributed by atoms with Gasteiger partial charge in [0.05, 0.1) is 12.2 Å². The zero-order valence-electron chi connectivity index (χ0n) is 13.6. The Bertz CT molecular complexity index is 767. The van der Waals surface area contributed by atoms with Gasteiger partial charge in [-0.25, -0.2) is 9.48 Å². The third-order valence-corrected chi connectivity index (χ3v) is 4.46. The number of nitrogens with one attached hydrogen (secondary N) is 1. The maximum absolute atomic E-state index is 12.7. The third-order valence-electron chi connectivity index (χ3n) is 3.93. The van der Waals surface area contributed by atoms with Crippen LogP contribution in [0.3, 0.4) is 0 Å². The number of hydrogen-bond donors (Lipinski definition) is 1. The van der Waals surface area contributed by atoms with E-state index in [1.807, 2.05) is 31.2 Å². The number of carbonyl (C=O) groups excluding carboxylic acids is 1. The number of unbranched alkanes of at least 4 members (excludes halogenated alkanes) is 1. The van der Waals surface area contributed by atoms with Gasteiger partial charge in [-0.05, 0) is 31.0 Å². The second-order valence-electron chi connectivity index (χ2n) is 5.64. The molecule has 3 rings (SSSR count). The van der Waals surface area contributed by atoms with Crippen molar-refractivity contribution in [3.05, 3.63) is 51.9 Å². The summed E-state index contributed by atoms with van der Waals surface area (Å²) in [4.78, 5) is 16.9. The van der Waals surface area contributed by atoms with Crippen molar-refractivity contribution in [2.45, 2.75) is 32.7 Å². The number of benzene rings is 1. The van der Waals surface area contributed by atoms with Gasteiger partial charge < -0.3 is 10.1 Å². The van der Waals surface area contributed by atoms with Crippen LogP contribution in [0.1, 0.15) is 38.3 Å². The van der Waals surface area contributed by atoms with E-state index >= 15 is 0 Å². The van der Waals surface area contributed by atoms with E-state index in [4.69, 9.17) is 4.74 Å². The van der Waals surface area contributed by atoms with Crippen molar-refractivity contribution < 1.29 is 9.53 Å². The van der Waals surface area contributed by atoms with Gasteiger partial charge >= 0.3 is 5.97 Å². The van der Waals surface area contributed by atoms with Gasteiger partial charge in [0.25, 0.3) is 0 Å². The molecule has 0 saturated carbocycles. The number of anilines is 1. The Labute approximate surface area is 149 Å². The summed E-state index contributed by atoms with van der Waals surface area (Å²) in [6, 6.07) is 7.48. The number of rotatable bonds is 5. The van der Waals surface area contributed by atoms with Crippen LogP contribution in [0.2, 0.25) is 0 Å². The zero-order chi connectivity index (χ0) is 17.1.